The van der Waals surface area contributed by atoms with Gasteiger partial charge in [0.15, 0.2) is 0 Å². The lowest BCUT2D eigenvalue weighted by Crippen LogP contribution is -2.59. The van der Waals surface area contributed by atoms with Gasteiger partial charge in [0, 0.05) is 38.7 Å². The molecule has 0 aromatic heterocycles. The van der Waals surface area contributed by atoms with E-state index in [1.54, 1.807) is 19.1 Å². The number of hydrogen-bond donors (Lipinski definition) is 0. The second kappa shape index (κ2) is 10.3. The van der Waals surface area contributed by atoms with Gasteiger partial charge in [-0.15, -0.1) is 0 Å². The smallest absolute Gasteiger partial charge is 0.245 e. The van der Waals surface area contributed by atoms with E-state index in [4.69, 9.17) is 9.47 Å². The number of nitrogens with zero attached hydrogens (tertiary/aromatic N) is 2. The molecule has 0 N–H and O–H groups in total. The molecule has 1 fully saturated rings. The fraction of sp³-hybridized carbons (Fsp3) is 0.417. The minimum absolute atomic E-state index is 0.00402. The van der Waals surface area contributed by atoms with E-state index in [0.29, 0.717) is 32.7 Å². The number of benzene rings is 2. The Hall–Kier alpha value is -2.86. The molecular formula is C24H30N2O4. The largest absolute Gasteiger partial charge is 0.496 e. The number of carbonyl (C=O) groups excluding carboxylic acids is 2. The minimum atomic E-state index is -0.515. The van der Waals surface area contributed by atoms with Crippen molar-refractivity contribution in [3.63, 3.8) is 0 Å². The molecule has 1 atom stereocenters. The van der Waals surface area contributed by atoms with Gasteiger partial charge in [-0.2, -0.15) is 0 Å². The Morgan fingerprint density at radius 2 is 1.73 bits per heavy atom. The summed E-state index contributed by atoms with van der Waals surface area (Å²) in [6.07, 6.45) is 0.739. The number of rotatable bonds is 8. The molecule has 0 unspecified atom stereocenters. The number of para-hydroxylation sites is 1. The SMILES string of the molecule is CCN1CCN(C(=O)CCOC)[C@H](Cc2ccccc2-c2ccccc2OC)C1=O. The number of piperazine rings is 1. The molecule has 0 radical (unpaired) electrons. The molecule has 3 rings (SSSR count). The summed E-state index contributed by atoms with van der Waals surface area (Å²) >= 11 is 0. The summed E-state index contributed by atoms with van der Waals surface area (Å²) in [7, 11) is 3.23. The van der Waals surface area contributed by atoms with Crippen molar-refractivity contribution in [3.05, 3.63) is 54.1 Å². The second-order valence-electron chi connectivity index (χ2n) is 7.33. The first kappa shape index (κ1) is 21.8. The third-order valence-electron chi connectivity index (χ3n) is 5.63. The van der Waals surface area contributed by atoms with Crippen molar-refractivity contribution in [2.45, 2.75) is 25.8 Å². The van der Waals surface area contributed by atoms with Gasteiger partial charge in [-0.05, 0) is 24.1 Å². The van der Waals surface area contributed by atoms with Gasteiger partial charge in [0.1, 0.15) is 11.8 Å². The Balaban J connectivity index is 1.95. The first-order chi connectivity index (χ1) is 14.6. The Labute approximate surface area is 178 Å². The molecular weight excluding hydrogens is 380 g/mol. The average Bonchev–Trinajstić information content (AvgIpc) is 2.79. The topological polar surface area (TPSA) is 59.1 Å². The molecule has 1 saturated heterocycles. The van der Waals surface area contributed by atoms with Crippen molar-refractivity contribution >= 4 is 11.8 Å². The van der Waals surface area contributed by atoms with E-state index in [2.05, 4.69) is 0 Å². The Morgan fingerprint density at radius 1 is 1.03 bits per heavy atom. The molecule has 0 aliphatic carbocycles. The molecule has 1 heterocycles. The third kappa shape index (κ3) is 4.65. The van der Waals surface area contributed by atoms with Crippen LogP contribution in [0.5, 0.6) is 5.75 Å². The van der Waals surface area contributed by atoms with E-state index in [-0.39, 0.29) is 18.2 Å². The molecule has 160 valence electrons. The standard InChI is InChI=1S/C24H30N2O4/c1-4-25-14-15-26(23(27)13-16-29-2)21(24(25)28)17-18-9-5-6-10-19(18)20-11-7-8-12-22(20)30-3/h5-12,21H,4,13-17H2,1-3H3/t21-/m1/s1. The molecule has 0 saturated carbocycles. The molecule has 2 aromatic carbocycles. The maximum Gasteiger partial charge on any atom is 0.245 e. The van der Waals surface area contributed by atoms with Crippen LogP contribution in [-0.2, 0) is 20.7 Å². The van der Waals surface area contributed by atoms with Crippen LogP contribution in [0.1, 0.15) is 18.9 Å². The van der Waals surface area contributed by atoms with Crippen molar-refractivity contribution in [1.82, 2.24) is 9.80 Å². The highest BCUT2D eigenvalue weighted by atomic mass is 16.5. The lowest BCUT2D eigenvalue weighted by atomic mass is 9.92. The predicted octanol–water partition coefficient (Wildman–Crippen LogP) is 3.00. The van der Waals surface area contributed by atoms with Gasteiger partial charge >= 0.3 is 0 Å². The third-order valence-corrected chi connectivity index (χ3v) is 5.63. The maximum atomic E-state index is 13.2. The average molecular weight is 411 g/mol. The molecule has 1 aliphatic rings. The molecule has 1 aliphatic heterocycles. The van der Waals surface area contributed by atoms with Crippen molar-refractivity contribution in [2.24, 2.45) is 0 Å². The van der Waals surface area contributed by atoms with E-state index in [9.17, 15) is 9.59 Å². The fourth-order valence-electron chi connectivity index (χ4n) is 4.02. The van der Waals surface area contributed by atoms with Crippen molar-refractivity contribution in [3.8, 4) is 16.9 Å². The zero-order valence-electron chi connectivity index (χ0n) is 18.0. The van der Waals surface area contributed by atoms with Crippen LogP contribution in [-0.4, -0.2) is 68.1 Å². The quantitative estimate of drug-likeness (QED) is 0.671. The monoisotopic (exact) mass is 410 g/mol. The van der Waals surface area contributed by atoms with Crippen LogP contribution in [0.2, 0.25) is 0 Å². The Morgan fingerprint density at radius 3 is 2.43 bits per heavy atom. The number of ether oxygens (including phenoxy) is 2. The molecule has 2 amide bonds. The second-order valence-corrected chi connectivity index (χ2v) is 7.33. The predicted molar refractivity (Wildman–Crippen MR) is 116 cm³/mol. The van der Waals surface area contributed by atoms with Crippen LogP contribution in [0.3, 0.4) is 0 Å². The van der Waals surface area contributed by atoms with Crippen molar-refractivity contribution < 1.29 is 19.1 Å². The number of methoxy groups -OCH3 is 2. The van der Waals surface area contributed by atoms with Crippen LogP contribution < -0.4 is 4.74 Å². The highest BCUT2D eigenvalue weighted by molar-refractivity contribution is 5.89. The summed E-state index contributed by atoms with van der Waals surface area (Å²) in [5.41, 5.74) is 3.01. The normalized spacial score (nSPS) is 16.6. The van der Waals surface area contributed by atoms with E-state index < -0.39 is 6.04 Å². The molecule has 6 nitrogen and oxygen atoms in total. The van der Waals surface area contributed by atoms with Crippen LogP contribution >= 0.6 is 0 Å². The van der Waals surface area contributed by atoms with Gasteiger partial charge in [0.05, 0.1) is 20.1 Å². The number of likely N-dealkylation sites (N-methyl/N-ethyl adjacent to an activating group) is 1. The first-order valence-electron chi connectivity index (χ1n) is 10.4. The van der Waals surface area contributed by atoms with E-state index in [0.717, 1.165) is 22.4 Å². The number of carbonyl (C=O) groups is 2. The number of hydrogen-bond acceptors (Lipinski definition) is 4. The highest BCUT2D eigenvalue weighted by Crippen LogP contribution is 2.33. The van der Waals surface area contributed by atoms with Gasteiger partial charge in [-0.3, -0.25) is 9.59 Å². The zero-order valence-corrected chi connectivity index (χ0v) is 18.0. The summed E-state index contributed by atoms with van der Waals surface area (Å²) in [6, 6.07) is 15.3. The van der Waals surface area contributed by atoms with Crippen molar-refractivity contribution in [2.75, 3.05) is 40.5 Å². The van der Waals surface area contributed by atoms with Crippen LogP contribution in [0.25, 0.3) is 11.1 Å². The molecule has 0 bridgehead atoms. The zero-order chi connectivity index (χ0) is 21.5. The van der Waals surface area contributed by atoms with E-state index in [1.807, 2.05) is 60.4 Å². The van der Waals surface area contributed by atoms with Gasteiger partial charge in [0.25, 0.3) is 0 Å². The number of amides is 2. The lowest BCUT2D eigenvalue weighted by molar-refractivity contribution is -0.151. The van der Waals surface area contributed by atoms with Crippen LogP contribution in [0, 0.1) is 0 Å². The molecule has 2 aromatic rings. The van der Waals surface area contributed by atoms with Gasteiger partial charge < -0.3 is 19.3 Å². The summed E-state index contributed by atoms with van der Waals surface area (Å²) in [5, 5.41) is 0. The van der Waals surface area contributed by atoms with E-state index >= 15 is 0 Å². The molecule has 6 heteroatoms. The summed E-state index contributed by atoms with van der Waals surface area (Å²) < 4.78 is 10.6. The van der Waals surface area contributed by atoms with Gasteiger partial charge in [0.2, 0.25) is 11.8 Å². The minimum Gasteiger partial charge on any atom is -0.496 e. The summed E-state index contributed by atoms with van der Waals surface area (Å²) in [6.45, 7) is 4.08. The molecule has 0 spiro atoms. The van der Waals surface area contributed by atoms with Crippen LogP contribution in [0.15, 0.2) is 48.5 Å². The van der Waals surface area contributed by atoms with Gasteiger partial charge in [-0.1, -0.05) is 42.5 Å². The van der Waals surface area contributed by atoms with Gasteiger partial charge in [-0.25, -0.2) is 0 Å². The molecule has 30 heavy (non-hydrogen) atoms. The van der Waals surface area contributed by atoms with Crippen molar-refractivity contribution in [1.29, 1.82) is 0 Å². The highest BCUT2D eigenvalue weighted by Gasteiger charge is 2.37. The fourth-order valence-corrected chi connectivity index (χ4v) is 4.02. The van der Waals surface area contributed by atoms with E-state index in [1.165, 1.54) is 0 Å². The summed E-state index contributed by atoms with van der Waals surface area (Å²) in [4.78, 5) is 29.6. The first-order valence-corrected chi connectivity index (χ1v) is 10.4. The maximum absolute atomic E-state index is 13.2. The Bertz CT molecular complexity index is 883. The summed E-state index contributed by atoms with van der Waals surface area (Å²) in [5.74, 6) is 0.744. The lowest BCUT2D eigenvalue weighted by Gasteiger charge is -2.40. The van der Waals surface area contributed by atoms with Crippen LogP contribution in [0.4, 0.5) is 0 Å². The Kier molecular flexibility index (Phi) is 7.46.